The van der Waals surface area contributed by atoms with Crippen LogP contribution in [0.15, 0.2) is 28.6 Å². The maximum atomic E-state index is 12.4. The first-order valence-electron chi connectivity index (χ1n) is 7.67. The van der Waals surface area contributed by atoms with Gasteiger partial charge in [-0.3, -0.25) is 10.1 Å². The van der Waals surface area contributed by atoms with E-state index in [0.29, 0.717) is 28.2 Å². The number of hydrogen-bond donors (Lipinski definition) is 1. The molecule has 0 radical (unpaired) electrons. The first-order valence-corrected chi connectivity index (χ1v) is 9.85. The summed E-state index contributed by atoms with van der Waals surface area (Å²) in [5.41, 5.74) is 0. The Labute approximate surface area is 155 Å². The molecule has 5 nitrogen and oxygen atoms in total. The molecule has 0 saturated heterocycles. The third-order valence-electron chi connectivity index (χ3n) is 2.91. The van der Waals surface area contributed by atoms with E-state index in [1.807, 2.05) is 6.92 Å². The average molecular weight is 386 g/mol. The summed E-state index contributed by atoms with van der Waals surface area (Å²) in [6, 6.07) is 6.99. The Hall–Kier alpha value is -1.31. The van der Waals surface area contributed by atoms with Crippen molar-refractivity contribution in [3.63, 3.8) is 0 Å². The Morgan fingerprint density at radius 2 is 2.21 bits per heavy atom. The van der Waals surface area contributed by atoms with E-state index in [1.54, 1.807) is 36.0 Å². The fourth-order valence-electron chi connectivity index (χ4n) is 1.77. The van der Waals surface area contributed by atoms with Gasteiger partial charge in [0.15, 0.2) is 10.4 Å². The van der Waals surface area contributed by atoms with Gasteiger partial charge >= 0.3 is 0 Å². The van der Waals surface area contributed by atoms with Crippen LogP contribution in [0, 0.1) is 5.92 Å². The lowest BCUT2D eigenvalue weighted by molar-refractivity contribution is -0.122. The van der Waals surface area contributed by atoms with Crippen molar-refractivity contribution in [3.05, 3.63) is 29.3 Å². The second-order valence-corrected chi connectivity index (χ2v) is 8.22. The number of thioether (sulfide) groups is 1. The molecule has 2 rings (SSSR count). The van der Waals surface area contributed by atoms with Gasteiger partial charge in [-0.1, -0.05) is 61.5 Å². The highest BCUT2D eigenvalue weighted by molar-refractivity contribution is 8.01. The molecule has 0 aliphatic heterocycles. The summed E-state index contributed by atoms with van der Waals surface area (Å²) in [5, 5.41) is 11.9. The third-order valence-corrected chi connectivity index (χ3v) is 5.55. The van der Waals surface area contributed by atoms with Gasteiger partial charge in [0.25, 0.3) is 5.91 Å². The summed E-state index contributed by atoms with van der Waals surface area (Å²) in [6.45, 7) is 6.18. The third kappa shape index (κ3) is 5.96. The molecule has 0 aliphatic rings. The summed E-state index contributed by atoms with van der Waals surface area (Å²) in [6.07, 6.45) is -0.0781. The molecule has 1 heterocycles. The van der Waals surface area contributed by atoms with Crippen LogP contribution in [-0.2, 0) is 4.79 Å². The molecule has 8 heteroatoms. The molecule has 0 spiro atoms. The standard InChI is InChI=1S/C16H20ClN3O2S2/c1-4-13(22-12-7-5-6-11(17)8-12)14(21)18-15-19-20-16(24-15)23-9-10(2)3/h5-8,10,13H,4,9H2,1-3H3,(H,18,19,21)/t13-/m0/s1. The first kappa shape index (κ1) is 19.0. The zero-order chi connectivity index (χ0) is 17.5. The number of anilines is 1. The number of ether oxygens (including phenoxy) is 1. The molecule has 2 aromatic rings. The van der Waals surface area contributed by atoms with Crippen LogP contribution in [-0.4, -0.2) is 28.0 Å². The average Bonchev–Trinajstić information content (AvgIpc) is 2.98. The minimum absolute atomic E-state index is 0.242. The molecule has 0 unspecified atom stereocenters. The molecule has 1 aromatic heterocycles. The van der Waals surface area contributed by atoms with Gasteiger partial charge < -0.3 is 4.74 Å². The molecule has 1 aromatic carbocycles. The van der Waals surface area contributed by atoms with Gasteiger partial charge in [0.05, 0.1) is 0 Å². The smallest absolute Gasteiger partial charge is 0.267 e. The number of benzene rings is 1. The summed E-state index contributed by atoms with van der Waals surface area (Å²) < 4.78 is 6.57. The number of rotatable bonds is 8. The summed E-state index contributed by atoms with van der Waals surface area (Å²) in [7, 11) is 0. The Morgan fingerprint density at radius 3 is 2.88 bits per heavy atom. The van der Waals surface area contributed by atoms with E-state index in [2.05, 4.69) is 29.4 Å². The van der Waals surface area contributed by atoms with Gasteiger partial charge in [-0.2, -0.15) is 0 Å². The monoisotopic (exact) mass is 385 g/mol. The van der Waals surface area contributed by atoms with Gasteiger partial charge in [0.2, 0.25) is 5.13 Å². The van der Waals surface area contributed by atoms with Crippen molar-refractivity contribution >= 4 is 45.7 Å². The maximum absolute atomic E-state index is 12.4. The highest BCUT2D eigenvalue weighted by Gasteiger charge is 2.20. The largest absolute Gasteiger partial charge is 0.481 e. The molecule has 1 amide bonds. The molecule has 0 saturated carbocycles. The molecule has 1 N–H and O–H groups in total. The van der Waals surface area contributed by atoms with Crippen molar-refractivity contribution in [2.45, 2.75) is 37.6 Å². The lowest BCUT2D eigenvalue weighted by atomic mass is 10.2. The number of nitrogens with zero attached hydrogens (tertiary/aromatic N) is 2. The molecule has 24 heavy (non-hydrogen) atoms. The van der Waals surface area contributed by atoms with Crippen molar-refractivity contribution in [2.75, 3.05) is 11.1 Å². The Morgan fingerprint density at radius 1 is 1.42 bits per heavy atom. The normalized spacial score (nSPS) is 12.2. The van der Waals surface area contributed by atoms with Crippen LogP contribution >= 0.6 is 34.7 Å². The van der Waals surface area contributed by atoms with Gasteiger partial charge in [-0.15, -0.1) is 10.2 Å². The van der Waals surface area contributed by atoms with Crippen molar-refractivity contribution in [1.29, 1.82) is 0 Å². The highest BCUT2D eigenvalue weighted by atomic mass is 35.5. The molecule has 130 valence electrons. The zero-order valence-corrected chi connectivity index (χ0v) is 16.2. The number of amides is 1. The second-order valence-electron chi connectivity index (χ2n) is 5.54. The van der Waals surface area contributed by atoms with Crippen LogP contribution < -0.4 is 10.1 Å². The molecular weight excluding hydrogens is 366 g/mol. The Kier molecular flexibility index (Phi) is 7.33. The minimum Gasteiger partial charge on any atom is -0.481 e. The van der Waals surface area contributed by atoms with Crippen molar-refractivity contribution < 1.29 is 9.53 Å². The number of halogens is 1. The van der Waals surface area contributed by atoms with Crippen molar-refractivity contribution in [2.24, 2.45) is 5.92 Å². The van der Waals surface area contributed by atoms with E-state index in [-0.39, 0.29) is 5.91 Å². The number of aromatic nitrogens is 2. The number of nitrogens with one attached hydrogen (secondary N) is 1. The SMILES string of the molecule is CC[C@H](Oc1cccc(Cl)c1)C(=O)Nc1nnc(SCC(C)C)s1. The number of carbonyl (C=O) groups is 1. The summed E-state index contributed by atoms with van der Waals surface area (Å²) in [4.78, 5) is 12.4. The van der Waals surface area contributed by atoms with Crippen molar-refractivity contribution in [3.8, 4) is 5.75 Å². The van der Waals surface area contributed by atoms with E-state index >= 15 is 0 Å². The summed E-state index contributed by atoms with van der Waals surface area (Å²) >= 11 is 8.95. The molecule has 0 bridgehead atoms. The van der Waals surface area contributed by atoms with E-state index in [4.69, 9.17) is 16.3 Å². The number of hydrogen-bond acceptors (Lipinski definition) is 6. The molecule has 0 aliphatic carbocycles. The van der Waals surface area contributed by atoms with Gasteiger partial charge in [-0.05, 0) is 30.5 Å². The van der Waals surface area contributed by atoms with Crippen LogP contribution in [0.3, 0.4) is 0 Å². The highest BCUT2D eigenvalue weighted by Crippen LogP contribution is 2.27. The van der Waals surface area contributed by atoms with Gasteiger partial charge in [0, 0.05) is 10.8 Å². The Bertz CT molecular complexity index is 679. The van der Waals surface area contributed by atoms with E-state index in [9.17, 15) is 4.79 Å². The Balaban J connectivity index is 1.94. The van der Waals surface area contributed by atoms with Crippen LogP contribution in [0.2, 0.25) is 5.02 Å². The minimum atomic E-state index is -0.612. The fourth-order valence-corrected chi connectivity index (χ4v) is 3.68. The van der Waals surface area contributed by atoms with E-state index in [0.717, 1.165) is 10.1 Å². The molecule has 1 atom stereocenters. The quantitative estimate of drug-likeness (QED) is 0.525. The predicted molar refractivity (Wildman–Crippen MR) is 100 cm³/mol. The molecule has 0 fully saturated rings. The van der Waals surface area contributed by atoms with Crippen LogP contribution in [0.25, 0.3) is 0 Å². The maximum Gasteiger partial charge on any atom is 0.267 e. The van der Waals surface area contributed by atoms with Gasteiger partial charge in [-0.25, -0.2) is 0 Å². The van der Waals surface area contributed by atoms with Crippen LogP contribution in [0.4, 0.5) is 5.13 Å². The second kappa shape index (κ2) is 9.25. The molecular formula is C16H20ClN3O2S2. The van der Waals surface area contributed by atoms with Crippen LogP contribution in [0.5, 0.6) is 5.75 Å². The topological polar surface area (TPSA) is 64.1 Å². The lowest BCUT2D eigenvalue weighted by Crippen LogP contribution is -2.32. The van der Waals surface area contributed by atoms with Crippen LogP contribution in [0.1, 0.15) is 27.2 Å². The van der Waals surface area contributed by atoms with Crippen molar-refractivity contribution in [1.82, 2.24) is 10.2 Å². The van der Waals surface area contributed by atoms with E-state index in [1.165, 1.54) is 11.3 Å². The first-order chi connectivity index (χ1) is 11.5. The van der Waals surface area contributed by atoms with E-state index < -0.39 is 6.10 Å². The summed E-state index contributed by atoms with van der Waals surface area (Å²) in [5.74, 6) is 1.87. The number of carbonyl (C=O) groups excluding carboxylic acids is 1. The van der Waals surface area contributed by atoms with Gasteiger partial charge in [0.1, 0.15) is 5.75 Å². The fraction of sp³-hybridized carbons (Fsp3) is 0.438. The zero-order valence-electron chi connectivity index (χ0n) is 13.8. The lowest BCUT2D eigenvalue weighted by Gasteiger charge is -2.16. The predicted octanol–water partition coefficient (Wildman–Crippen LogP) is 4.74.